The van der Waals surface area contributed by atoms with Crippen molar-refractivity contribution in [2.75, 3.05) is 32.8 Å². The minimum absolute atomic E-state index is 0. The Morgan fingerprint density at radius 2 is 1.73 bits per heavy atom. The summed E-state index contributed by atoms with van der Waals surface area (Å²) >= 11 is 17.8. The molecule has 4 nitrogen and oxygen atoms in total. The third-order valence-corrected chi connectivity index (χ3v) is 5.09. The van der Waals surface area contributed by atoms with Crippen LogP contribution in [0.1, 0.15) is 0 Å². The van der Waals surface area contributed by atoms with Gasteiger partial charge in [0.1, 0.15) is 5.75 Å². The molecule has 1 N–H and O–H groups in total. The van der Waals surface area contributed by atoms with Gasteiger partial charge in [-0.3, -0.25) is 4.79 Å². The van der Waals surface area contributed by atoms with Crippen LogP contribution in [0, 0.1) is 11.8 Å². The third-order valence-electron chi connectivity index (χ3n) is 4.07. The average Bonchev–Trinajstić information content (AvgIpc) is 3.02. The van der Waals surface area contributed by atoms with Crippen LogP contribution in [0.5, 0.6) is 5.75 Å². The van der Waals surface area contributed by atoms with Crippen molar-refractivity contribution in [3.8, 4) is 5.75 Å². The van der Waals surface area contributed by atoms with Crippen molar-refractivity contribution in [2.24, 2.45) is 11.8 Å². The zero-order chi connectivity index (χ0) is 15.0. The van der Waals surface area contributed by atoms with Gasteiger partial charge in [0.05, 0.1) is 15.1 Å². The second-order valence-electron chi connectivity index (χ2n) is 5.46. The zero-order valence-electron chi connectivity index (χ0n) is 11.7. The van der Waals surface area contributed by atoms with E-state index in [0.29, 0.717) is 32.7 Å². The van der Waals surface area contributed by atoms with E-state index in [1.807, 2.05) is 4.90 Å². The topological polar surface area (TPSA) is 41.6 Å². The first-order valence-corrected chi connectivity index (χ1v) is 7.94. The van der Waals surface area contributed by atoms with Crippen molar-refractivity contribution in [1.29, 1.82) is 0 Å². The highest BCUT2D eigenvalue weighted by molar-refractivity contribution is 6.43. The molecule has 2 fully saturated rings. The normalized spacial score (nSPS) is 23.1. The predicted octanol–water partition coefficient (Wildman–Crippen LogP) is 3.13. The molecule has 1 aromatic carbocycles. The number of hydrogen-bond donors (Lipinski definition) is 1. The van der Waals surface area contributed by atoms with Crippen LogP contribution in [-0.4, -0.2) is 43.6 Å². The molecular weight excluding hydrogens is 370 g/mol. The van der Waals surface area contributed by atoms with Crippen molar-refractivity contribution in [3.63, 3.8) is 0 Å². The second kappa shape index (κ2) is 7.45. The summed E-state index contributed by atoms with van der Waals surface area (Å²) in [5, 5.41) is 4.41. The maximum Gasteiger partial charge on any atom is 0.260 e. The second-order valence-corrected chi connectivity index (χ2v) is 6.68. The molecule has 2 atom stereocenters. The number of ether oxygens (including phenoxy) is 1. The first kappa shape index (κ1) is 18.0. The van der Waals surface area contributed by atoms with Gasteiger partial charge in [-0.05, 0) is 17.9 Å². The van der Waals surface area contributed by atoms with Gasteiger partial charge in [-0.15, -0.1) is 12.4 Å². The highest BCUT2D eigenvalue weighted by Crippen LogP contribution is 2.34. The fourth-order valence-electron chi connectivity index (χ4n) is 2.90. The van der Waals surface area contributed by atoms with Crippen LogP contribution in [0.25, 0.3) is 0 Å². The summed E-state index contributed by atoms with van der Waals surface area (Å²) in [5.74, 6) is 1.50. The first-order valence-electron chi connectivity index (χ1n) is 6.80. The Bertz CT molecular complexity index is 558. The van der Waals surface area contributed by atoms with Crippen LogP contribution in [0.3, 0.4) is 0 Å². The number of nitrogens with zero attached hydrogens (tertiary/aromatic N) is 1. The number of rotatable bonds is 3. The summed E-state index contributed by atoms with van der Waals surface area (Å²) in [6.45, 7) is 3.55. The summed E-state index contributed by atoms with van der Waals surface area (Å²) < 4.78 is 5.49. The van der Waals surface area contributed by atoms with Gasteiger partial charge in [0.2, 0.25) is 0 Å². The summed E-state index contributed by atoms with van der Waals surface area (Å²) in [5.41, 5.74) is 0. The van der Waals surface area contributed by atoms with Crippen LogP contribution >= 0.6 is 47.2 Å². The smallest absolute Gasteiger partial charge is 0.260 e. The standard InChI is InChI=1S/C14H15Cl3N2O2.ClH/c15-10-1-12(17)13(2-11(10)16)21-7-14(20)19-5-8-3-18-4-9(8)6-19;/h1-2,8-9,18H,3-7H2;1H/t8-,9+;. The zero-order valence-corrected chi connectivity index (χ0v) is 14.7. The van der Waals surface area contributed by atoms with Crippen LogP contribution in [0.2, 0.25) is 15.1 Å². The summed E-state index contributed by atoms with van der Waals surface area (Å²) in [6, 6.07) is 3.04. The van der Waals surface area contributed by atoms with Crippen molar-refractivity contribution in [1.82, 2.24) is 10.2 Å². The monoisotopic (exact) mass is 384 g/mol. The molecule has 0 aromatic heterocycles. The highest BCUT2D eigenvalue weighted by Gasteiger charge is 2.38. The van der Waals surface area contributed by atoms with Crippen LogP contribution in [0.4, 0.5) is 0 Å². The molecule has 0 aliphatic carbocycles. The van der Waals surface area contributed by atoms with Gasteiger partial charge < -0.3 is 15.0 Å². The molecule has 1 aromatic rings. The maximum atomic E-state index is 12.2. The third kappa shape index (κ3) is 3.74. The van der Waals surface area contributed by atoms with E-state index in [1.165, 1.54) is 12.1 Å². The number of halogens is 4. The minimum Gasteiger partial charge on any atom is -0.482 e. The fraction of sp³-hybridized carbons (Fsp3) is 0.500. The predicted molar refractivity (Wildman–Crippen MR) is 90.6 cm³/mol. The van der Waals surface area contributed by atoms with E-state index in [1.54, 1.807) is 0 Å². The van der Waals surface area contributed by atoms with Crippen molar-refractivity contribution < 1.29 is 9.53 Å². The Morgan fingerprint density at radius 3 is 2.36 bits per heavy atom. The van der Waals surface area contributed by atoms with E-state index in [0.717, 1.165) is 26.2 Å². The number of benzene rings is 1. The van der Waals surface area contributed by atoms with Gasteiger partial charge in [-0.2, -0.15) is 0 Å². The molecular formula is C14H16Cl4N2O2. The lowest BCUT2D eigenvalue weighted by atomic mass is 10.0. The van der Waals surface area contributed by atoms with Crippen molar-refractivity contribution >= 4 is 53.1 Å². The number of likely N-dealkylation sites (tertiary alicyclic amines) is 1. The lowest BCUT2D eigenvalue weighted by Crippen LogP contribution is -2.35. The lowest BCUT2D eigenvalue weighted by Gasteiger charge is -2.18. The molecule has 2 aliphatic heterocycles. The van der Waals surface area contributed by atoms with E-state index in [2.05, 4.69) is 5.32 Å². The van der Waals surface area contributed by atoms with Gasteiger partial charge in [-0.25, -0.2) is 0 Å². The number of hydrogen-bond acceptors (Lipinski definition) is 3. The van der Waals surface area contributed by atoms with Gasteiger partial charge >= 0.3 is 0 Å². The van der Waals surface area contributed by atoms with Crippen LogP contribution in [-0.2, 0) is 4.79 Å². The van der Waals surface area contributed by atoms with Gasteiger partial charge in [-0.1, -0.05) is 34.8 Å². The number of amides is 1. The van der Waals surface area contributed by atoms with E-state index in [4.69, 9.17) is 39.5 Å². The first-order chi connectivity index (χ1) is 10.0. The largest absolute Gasteiger partial charge is 0.482 e. The van der Waals surface area contributed by atoms with Gasteiger partial charge in [0.15, 0.2) is 6.61 Å². The number of carbonyl (C=O) groups is 1. The Hall–Kier alpha value is -0.390. The molecule has 3 rings (SSSR count). The molecule has 0 radical (unpaired) electrons. The molecule has 1 amide bonds. The number of fused-ring (bicyclic) bond motifs is 1. The van der Waals surface area contributed by atoms with Gasteiger partial charge in [0, 0.05) is 32.2 Å². The maximum absolute atomic E-state index is 12.2. The Kier molecular flexibility index (Phi) is 6.08. The average molecular weight is 386 g/mol. The SMILES string of the molecule is Cl.O=C(COc1cc(Cl)c(Cl)cc1Cl)N1C[C@H]2CNC[C@H]2C1. The summed E-state index contributed by atoms with van der Waals surface area (Å²) in [4.78, 5) is 14.1. The quantitative estimate of drug-likeness (QED) is 0.812. The van der Waals surface area contributed by atoms with Crippen molar-refractivity contribution in [2.45, 2.75) is 0 Å². The Morgan fingerprint density at radius 1 is 1.14 bits per heavy atom. The molecule has 2 saturated heterocycles. The Labute approximate surface area is 150 Å². The number of carbonyl (C=O) groups excluding carboxylic acids is 1. The molecule has 22 heavy (non-hydrogen) atoms. The van der Waals surface area contributed by atoms with E-state index in [-0.39, 0.29) is 24.9 Å². The minimum atomic E-state index is -0.0372. The molecule has 0 bridgehead atoms. The van der Waals surface area contributed by atoms with Crippen molar-refractivity contribution in [3.05, 3.63) is 27.2 Å². The van der Waals surface area contributed by atoms with E-state index < -0.39 is 0 Å². The number of nitrogens with one attached hydrogen (secondary N) is 1. The Balaban J connectivity index is 0.00000176. The summed E-state index contributed by atoms with van der Waals surface area (Å²) in [6.07, 6.45) is 0. The van der Waals surface area contributed by atoms with E-state index >= 15 is 0 Å². The van der Waals surface area contributed by atoms with Crippen LogP contribution < -0.4 is 10.1 Å². The van der Waals surface area contributed by atoms with Crippen LogP contribution in [0.15, 0.2) is 12.1 Å². The molecule has 8 heteroatoms. The fourth-order valence-corrected chi connectivity index (χ4v) is 3.50. The van der Waals surface area contributed by atoms with Gasteiger partial charge in [0.25, 0.3) is 5.91 Å². The molecule has 0 saturated carbocycles. The lowest BCUT2D eigenvalue weighted by molar-refractivity contribution is -0.132. The molecule has 2 aliphatic rings. The molecule has 0 spiro atoms. The van der Waals surface area contributed by atoms with E-state index in [9.17, 15) is 4.79 Å². The molecule has 0 unspecified atom stereocenters. The highest BCUT2D eigenvalue weighted by atomic mass is 35.5. The summed E-state index contributed by atoms with van der Waals surface area (Å²) in [7, 11) is 0. The molecule has 122 valence electrons. The molecule has 2 heterocycles.